The summed E-state index contributed by atoms with van der Waals surface area (Å²) in [6.45, 7) is 4.72. The van der Waals surface area contributed by atoms with Crippen molar-refractivity contribution < 1.29 is 4.79 Å². The van der Waals surface area contributed by atoms with E-state index in [1.54, 1.807) is 17.0 Å². The highest BCUT2D eigenvalue weighted by Crippen LogP contribution is 2.38. The van der Waals surface area contributed by atoms with Crippen LogP contribution in [-0.2, 0) is 4.79 Å². The molecule has 110 valence electrons. The average molecular weight is 380 g/mol. The number of carbonyl (C=O) groups is 1. The van der Waals surface area contributed by atoms with E-state index in [1.165, 1.54) is 0 Å². The van der Waals surface area contributed by atoms with Crippen molar-refractivity contribution in [3.63, 3.8) is 0 Å². The Bertz CT molecular complexity index is 499. The number of piperidine rings is 1. The van der Waals surface area contributed by atoms with Crippen molar-refractivity contribution in [2.75, 3.05) is 11.4 Å². The Hall–Kier alpha value is -0.290. The van der Waals surface area contributed by atoms with Gasteiger partial charge in [-0.3, -0.25) is 4.79 Å². The van der Waals surface area contributed by atoms with Crippen molar-refractivity contribution in [2.24, 2.45) is 0 Å². The molecule has 0 radical (unpaired) electrons. The number of amides is 1. The van der Waals surface area contributed by atoms with Crippen molar-refractivity contribution in [3.8, 4) is 0 Å². The summed E-state index contributed by atoms with van der Waals surface area (Å²) in [6.07, 6.45) is 1.78. The molecule has 3 nitrogen and oxygen atoms in total. The highest BCUT2D eigenvalue weighted by Gasteiger charge is 2.32. The van der Waals surface area contributed by atoms with Gasteiger partial charge in [-0.2, -0.15) is 0 Å². The largest absolute Gasteiger partial charge is 0.308 e. The van der Waals surface area contributed by atoms with E-state index in [0.717, 1.165) is 17.3 Å². The first kappa shape index (κ1) is 16.1. The van der Waals surface area contributed by atoms with E-state index in [4.69, 9.17) is 23.2 Å². The first-order valence-electron chi connectivity index (χ1n) is 6.62. The monoisotopic (exact) mass is 378 g/mol. The maximum Gasteiger partial charge on any atom is 0.244 e. The lowest BCUT2D eigenvalue weighted by Crippen LogP contribution is -2.52. The van der Waals surface area contributed by atoms with Crippen LogP contribution >= 0.6 is 39.1 Å². The van der Waals surface area contributed by atoms with Crippen LogP contribution < -0.4 is 10.2 Å². The number of benzene rings is 1. The van der Waals surface area contributed by atoms with Gasteiger partial charge in [-0.25, -0.2) is 0 Å². The molecule has 20 heavy (non-hydrogen) atoms. The molecule has 0 spiro atoms. The molecule has 6 heteroatoms. The van der Waals surface area contributed by atoms with Crippen LogP contribution in [0.4, 0.5) is 5.69 Å². The van der Waals surface area contributed by atoms with Gasteiger partial charge in [-0.05, 0) is 25.0 Å². The second-order valence-corrected chi connectivity index (χ2v) is 6.95. The fraction of sp³-hybridized carbons (Fsp3) is 0.500. The fourth-order valence-electron chi connectivity index (χ4n) is 2.45. The Labute approximate surface area is 137 Å². The van der Waals surface area contributed by atoms with E-state index >= 15 is 0 Å². The van der Waals surface area contributed by atoms with Crippen LogP contribution in [0.5, 0.6) is 0 Å². The van der Waals surface area contributed by atoms with Crippen LogP contribution in [0.2, 0.25) is 10.0 Å². The predicted molar refractivity (Wildman–Crippen MR) is 87.8 cm³/mol. The molecule has 1 aromatic carbocycles. The third kappa shape index (κ3) is 3.48. The van der Waals surface area contributed by atoms with Gasteiger partial charge in [0, 0.05) is 17.1 Å². The minimum atomic E-state index is -0.167. The molecule has 0 aliphatic carbocycles. The molecule has 1 aliphatic rings. The summed E-state index contributed by atoms with van der Waals surface area (Å²) in [6, 6.07) is 3.62. The smallest absolute Gasteiger partial charge is 0.244 e. The van der Waals surface area contributed by atoms with Gasteiger partial charge in [-0.15, -0.1) is 0 Å². The number of halogens is 3. The van der Waals surface area contributed by atoms with E-state index in [9.17, 15) is 4.79 Å². The van der Waals surface area contributed by atoms with E-state index in [1.807, 2.05) is 13.8 Å². The standard InChI is InChI=1S/C14H17BrCl2N2O/c1-8(2)18-12-4-3-5-19(14(12)20)13-10(16)6-9(15)7-11(13)17/h6-8,12,18H,3-5H2,1-2H3. The van der Waals surface area contributed by atoms with Gasteiger partial charge >= 0.3 is 0 Å². The average Bonchev–Trinajstić information content (AvgIpc) is 2.32. The maximum absolute atomic E-state index is 12.6. The van der Waals surface area contributed by atoms with E-state index in [2.05, 4.69) is 21.2 Å². The Morgan fingerprint density at radius 2 is 1.95 bits per heavy atom. The predicted octanol–water partition coefficient (Wildman–Crippen LogP) is 4.25. The zero-order chi connectivity index (χ0) is 14.9. The summed E-state index contributed by atoms with van der Waals surface area (Å²) >= 11 is 15.9. The molecule has 1 unspecified atom stereocenters. The lowest BCUT2D eigenvalue weighted by atomic mass is 10.0. The molecule has 1 heterocycles. The second-order valence-electron chi connectivity index (χ2n) is 5.22. The molecule has 1 aromatic rings. The molecule has 1 saturated heterocycles. The minimum Gasteiger partial charge on any atom is -0.308 e. The van der Waals surface area contributed by atoms with Gasteiger partial charge in [-0.1, -0.05) is 53.0 Å². The molecule has 1 amide bonds. The molecule has 1 atom stereocenters. The van der Waals surface area contributed by atoms with E-state index in [-0.39, 0.29) is 18.0 Å². The van der Waals surface area contributed by atoms with Crippen molar-refractivity contribution in [2.45, 2.75) is 38.8 Å². The number of carbonyl (C=O) groups excluding carboxylic acids is 1. The first-order valence-corrected chi connectivity index (χ1v) is 8.17. The summed E-state index contributed by atoms with van der Waals surface area (Å²) in [5, 5.41) is 4.27. The summed E-state index contributed by atoms with van der Waals surface area (Å²) in [5.74, 6) is 0.0380. The zero-order valence-electron chi connectivity index (χ0n) is 11.4. The molecule has 0 saturated carbocycles. The van der Waals surface area contributed by atoms with Gasteiger partial charge in [0.25, 0.3) is 0 Å². The zero-order valence-corrected chi connectivity index (χ0v) is 14.5. The van der Waals surface area contributed by atoms with Gasteiger partial charge in [0.1, 0.15) is 0 Å². The fourth-order valence-corrected chi connectivity index (χ4v) is 3.86. The number of nitrogens with one attached hydrogen (secondary N) is 1. The van der Waals surface area contributed by atoms with Gasteiger partial charge in [0.15, 0.2) is 0 Å². The van der Waals surface area contributed by atoms with Crippen LogP contribution in [0.3, 0.4) is 0 Å². The number of rotatable bonds is 3. The van der Waals surface area contributed by atoms with Gasteiger partial charge < -0.3 is 10.2 Å². The SMILES string of the molecule is CC(C)NC1CCCN(c2c(Cl)cc(Br)cc2Cl)C1=O. The third-order valence-corrected chi connectivity index (χ3v) is 4.26. The van der Waals surface area contributed by atoms with Crippen molar-refractivity contribution >= 4 is 50.7 Å². The Morgan fingerprint density at radius 1 is 1.35 bits per heavy atom. The quantitative estimate of drug-likeness (QED) is 0.851. The summed E-state index contributed by atoms with van der Waals surface area (Å²) < 4.78 is 0.803. The van der Waals surface area contributed by atoms with E-state index < -0.39 is 0 Å². The summed E-state index contributed by atoms with van der Waals surface area (Å²) in [5.41, 5.74) is 0.608. The van der Waals surface area contributed by atoms with Crippen LogP contribution in [-0.4, -0.2) is 24.5 Å². The Morgan fingerprint density at radius 3 is 2.50 bits per heavy atom. The van der Waals surface area contributed by atoms with Crippen molar-refractivity contribution in [1.29, 1.82) is 0 Å². The van der Waals surface area contributed by atoms with E-state index in [0.29, 0.717) is 22.3 Å². The minimum absolute atomic E-state index is 0.0380. The maximum atomic E-state index is 12.6. The summed E-state index contributed by atoms with van der Waals surface area (Å²) in [7, 11) is 0. The van der Waals surface area contributed by atoms with Crippen LogP contribution in [0.15, 0.2) is 16.6 Å². The van der Waals surface area contributed by atoms with Crippen LogP contribution in [0.25, 0.3) is 0 Å². The second kappa shape index (κ2) is 6.65. The number of hydrogen-bond acceptors (Lipinski definition) is 2. The Balaban J connectivity index is 2.30. The van der Waals surface area contributed by atoms with Crippen molar-refractivity contribution in [1.82, 2.24) is 5.32 Å². The molecular weight excluding hydrogens is 363 g/mol. The van der Waals surface area contributed by atoms with Crippen LogP contribution in [0.1, 0.15) is 26.7 Å². The first-order chi connectivity index (χ1) is 9.40. The Kier molecular flexibility index (Phi) is 5.35. The summed E-state index contributed by atoms with van der Waals surface area (Å²) in [4.78, 5) is 14.3. The van der Waals surface area contributed by atoms with Gasteiger partial charge in [0.2, 0.25) is 5.91 Å². The normalized spacial score (nSPS) is 19.8. The number of hydrogen-bond donors (Lipinski definition) is 1. The highest BCUT2D eigenvalue weighted by molar-refractivity contribution is 9.10. The molecular formula is C14H17BrCl2N2O. The number of anilines is 1. The molecule has 2 rings (SSSR count). The van der Waals surface area contributed by atoms with Crippen LogP contribution in [0, 0.1) is 0 Å². The molecule has 1 aliphatic heterocycles. The highest BCUT2D eigenvalue weighted by atomic mass is 79.9. The molecule has 0 aromatic heterocycles. The third-order valence-electron chi connectivity index (χ3n) is 3.22. The molecule has 1 N–H and O–H groups in total. The molecule has 0 bridgehead atoms. The lowest BCUT2D eigenvalue weighted by molar-refractivity contribution is -0.121. The topological polar surface area (TPSA) is 32.3 Å². The number of nitrogens with zero attached hydrogens (tertiary/aromatic N) is 1. The lowest BCUT2D eigenvalue weighted by Gasteiger charge is -2.34. The van der Waals surface area contributed by atoms with Crippen molar-refractivity contribution in [3.05, 3.63) is 26.7 Å². The van der Waals surface area contributed by atoms with Gasteiger partial charge in [0.05, 0.1) is 21.8 Å². The molecule has 1 fully saturated rings.